The van der Waals surface area contributed by atoms with Gasteiger partial charge < -0.3 is 20.7 Å². The van der Waals surface area contributed by atoms with E-state index in [1.54, 1.807) is 10.4 Å². The smallest absolute Gasteiger partial charge is 0.251 e. The van der Waals surface area contributed by atoms with Gasteiger partial charge in [-0.3, -0.25) is 4.79 Å². The third-order valence-electron chi connectivity index (χ3n) is 7.38. The largest absolute Gasteiger partial charge is 0.487 e. The van der Waals surface area contributed by atoms with Crippen LogP contribution in [0.4, 0.5) is 5.69 Å². The van der Waals surface area contributed by atoms with Crippen LogP contribution in [-0.2, 0) is 10.0 Å². The number of benzene rings is 1. The molecule has 3 fully saturated rings. The molecule has 9 heteroatoms. The third-order valence-corrected chi connectivity index (χ3v) is 9.51. The van der Waals surface area contributed by atoms with E-state index in [1.807, 2.05) is 19.1 Å². The van der Waals surface area contributed by atoms with Gasteiger partial charge >= 0.3 is 0 Å². The van der Waals surface area contributed by atoms with Crippen molar-refractivity contribution in [3.63, 3.8) is 0 Å². The molecule has 0 spiro atoms. The highest BCUT2D eigenvalue weighted by Gasteiger charge is 2.47. The Morgan fingerprint density at radius 1 is 1.16 bits per heavy atom. The predicted molar refractivity (Wildman–Crippen MR) is 124 cm³/mol. The van der Waals surface area contributed by atoms with Crippen molar-refractivity contribution in [2.24, 2.45) is 5.92 Å². The maximum Gasteiger partial charge on any atom is 0.251 e. The van der Waals surface area contributed by atoms with Crippen molar-refractivity contribution in [1.29, 1.82) is 0 Å². The minimum Gasteiger partial charge on any atom is -0.487 e. The van der Waals surface area contributed by atoms with Crippen LogP contribution in [0.2, 0.25) is 0 Å². The number of hydrogen-bond acceptors (Lipinski definition) is 6. The minimum atomic E-state index is -3.27. The second-order valence-corrected chi connectivity index (χ2v) is 11.8. The first-order valence-corrected chi connectivity index (χ1v) is 13.6. The molecule has 32 heavy (non-hydrogen) atoms. The molecule has 1 aromatic carbocycles. The van der Waals surface area contributed by atoms with Crippen LogP contribution in [0.3, 0.4) is 0 Å². The second kappa shape index (κ2) is 8.83. The molecule has 8 nitrogen and oxygen atoms in total. The Labute approximate surface area is 190 Å². The number of sulfonamides is 1. The summed E-state index contributed by atoms with van der Waals surface area (Å²) < 4.78 is 34.0. The number of hydrogen-bond donors (Lipinski definition) is 3. The van der Waals surface area contributed by atoms with Crippen molar-refractivity contribution in [2.45, 2.75) is 69.7 Å². The molecule has 4 atom stereocenters. The van der Waals surface area contributed by atoms with E-state index in [1.165, 1.54) is 0 Å². The topological polar surface area (TPSA) is 99.8 Å². The van der Waals surface area contributed by atoms with Crippen molar-refractivity contribution in [1.82, 2.24) is 14.9 Å². The average molecular weight is 463 g/mol. The van der Waals surface area contributed by atoms with Gasteiger partial charge in [0.2, 0.25) is 10.0 Å². The quantitative estimate of drug-likeness (QED) is 0.618. The van der Waals surface area contributed by atoms with Gasteiger partial charge in [0.15, 0.2) is 0 Å². The average Bonchev–Trinajstić information content (AvgIpc) is 3.06. The van der Waals surface area contributed by atoms with Crippen LogP contribution < -0.4 is 20.7 Å². The summed E-state index contributed by atoms with van der Waals surface area (Å²) in [4.78, 5) is 12.9. The van der Waals surface area contributed by atoms with Crippen LogP contribution in [0.15, 0.2) is 18.2 Å². The third kappa shape index (κ3) is 4.47. The van der Waals surface area contributed by atoms with Gasteiger partial charge in [-0.05, 0) is 82.7 Å². The molecule has 0 unspecified atom stereocenters. The van der Waals surface area contributed by atoms with Gasteiger partial charge in [0.1, 0.15) is 11.9 Å². The number of carbonyl (C=O) groups excluding carboxylic acids is 1. The molecule has 1 amide bonds. The summed E-state index contributed by atoms with van der Waals surface area (Å²) in [5.74, 6) is 1.18. The molecule has 3 N–H and O–H groups in total. The molecule has 5 rings (SSSR count). The molecule has 0 aliphatic carbocycles. The van der Waals surface area contributed by atoms with E-state index in [0.29, 0.717) is 24.9 Å². The monoisotopic (exact) mass is 462 g/mol. The van der Waals surface area contributed by atoms with Crippen LogP contribution in [0.1, 0.15) is 55.8 Å². The molecule has 3 saturated heterocycles. The minimum absolute atomic E-state index is 0.00518. The fraction of sp³-hybridized carbons (Fsp3) is 0.696. The lowest BCUT2D eigenvalue weighted by Crippen LogP contribution is -2.53. The molecular weight excluding hydrogens is 428 g/mol. The van der Waals surface area contributed by atoms with Crippen molar-refractivity contribution >= 4 is 21.6 Å². The second-order valence-electron chi connectivity index (χ2n) is 9.85. The van der Waals surface area contributed by atoms with E-state index >= 15 is 0 Å². The van der Waals surface area contributed by atoms with E-state index in [9.17, 15) is 13.2 Å². The Morgan fingerprint density at radius 2 is 1.88 bits per heavy atom. The number of fused-ring (bicyclic) bond motifs is 3. The Hall–Kier alpha value is -1.84. The normalized spacial score (nSPS) is 30.8. The van der Waals surface area contributed by atoms with Gasteiger partial charge in [0, 0.05) is 23.7 Å². The van der Waals surface area contributed by atoms with Crippen molar-refractivity contribution < 1.29 is 17.9 Å². The number of anilines is 1. The summed E-state index contributed by atoms with van der Waals surface area (Å²) in [6, 6.07) is 5.49. The number of nitrogens with zero attached hydrogens (tertiary/aromatic N) is 1. The zero-order valence-electron chi connectivity index (χ0n) is 18.7. The van der Waals surface area contributed by atoms with Gasteiger partial charge in [0.05, 0.1) is 18.0 Å². The van der Waals surface area contributed by atoms with Crippen LogP contribution >= 0.6 is 0 Å². The van der Waals surface area contributed by atoms with Gasteiger partial charge in [-0.1, -0.05) is 0 Å². The van der Waals surface area contributed by atoms with Crippen LogP contribution in [0.5, 0.6) is 5.75 Å². The van der Waals surface area contributed by atoms with E-state index in [2.05, 4.69) is 16.0 Å². The SMILES string of the molecule is C[C@@H]1CNc2cc(C(=O)N[C@H]3C[C@H]4CC[C@@H](C3)N4S(=O)(=O)CC3CCNCC3)ccc2O1. The highest BCUT2D eigenvalue weighted by Crippen LogP contribution is 2.39. The Bertz CT molecular complexity index is 949. The Kier molecular flexibility index (Phi) is 6.07. The van der Waals surface area contributed by atoms with E-state index in [-0.39, 0.29) is 41.8 Å². The molecule has 1 aromatic rings. The lowest BCUT2D eigenvalue weighted by atomic mass is 9.99. The number of piperidine rings is 2. The molecule has 4 heterocycles. The fourth-order valence-corrected chi connectivity index (χ4v) is 8.22. The van der Waals surface area contributed by atoms with Gasteiger partial charge in [-0.15, -0.1) is 0 Å². The first-order valence-electron chi connectivity index (χ1n) is 12.0. The molecule has 4 aliphatic heterocycles. The van der Waals surface area contributed by atoms with E-state index < -0.39 is 10.0 Å². The Morgan fingerprint density at radius 3 is 2.59 bits per heavy atom. The van der Waals surface area contributed by atoms with Crippen molar-refractivity contribution in [2.75, 3.05) is 30.7 Å². The maximum absolute atomic E-state index is 13.2. The summed E-state index contributed by atoms with van der Waals surface area (Å²) in [6.07, 6.45) is 5.13. The highest BCUT2D eigenvalue weighted by molar-refractivity contribution is 7.89. The Balaban J connectivity index is 1.21. The highest BCUT2D eigenvalue weighted by atomic mass is 32.2. The summed E-state index contributed by atoms with van der Waals surface area (Å²) in [7, 11) is -3.27. The molecule has 0 saturated carbocycles. The zero-order valence-corrected chi connectivity index (χ0v) is 19.5. The van der Waals surface area contributed by atoms with Crippen LogP contribution in [0.25, 0.3) is 0 Å². The number of rotatable bonds is 5. The molecular formula is C23H34N4O4S. The lowest BCUT2D eigenvalue weighted by molar-refractivity contribution is 0.0909. The first kappa shape index (κ1) is 22.0. The summed E-state index contributed by atoms with van der Waals surface area (Å²) >= 11 is 0. The lowest BCUT2D eigenvalue weighted by Gasteiger charge is -2.39. The fourth-order valence-electron chi connectivity index (χ4n) is 5.83. The molecule has 2 bridgehead atoms. The van der Waals surface area contributed by atoms with Gasteiger partial charge in [-0.2, -0.15) is 4.31 Å². The van der Waals surface area contributed by atoms with Gasteiger partial charge in [-0.25, -0.2) is 8.42 Å². The number of ether oxygens (including phenoxy) is 1. The van der Waals surface area contributed by atoms with E-state index in [0.717, 1.165) is 50.2 Å². The summed E-state index contributed by atoms with van der Waals surface area (Å²) in [6.45, 7) is 4.53. The molecule has 176 valence electrons. The molecule has 4 aliphatic rings. The zero-order chi connectivity index (χ0) is 22.3. The summed E-state index contributed by atoms with van der Waals surface area (Å²) in [5, 5.41) is 9.78. The van der Waals surface area contributed by atoms with Crippen LogP contribution in [0, 0.1) is 5.92 Å². The molecule has 0 radical (unpaired) electrons. The number of amides is 1. The van der Waals surface area contributed by atoms with Gasteiger partial charge in [0.25, 0.3) is 5.91 Å². The van der Waals surface area contributed by atoms with Crippen molar-refractivity contribution in [3.8, 4) is 5.75 Å². The number of nitrogens with one attached hydrogen (secondary N) is 3. The molecule has 0 aromatic heterocycles. The predicted octanol–water partition coefficient (Wildman–Crippen LogP) is 1.93. The van der Waals surface area contributed by atoms with Crippen LogP contribution in [-0.4, -0.2) is 68.2 Å². The summed E-state index contributed by atoms with van der Waals surface area (Å²) in [5.41, 5.74) is 1.44. The van der Waals surface area contributed by atoms with Crippen molar-refractivity contribution in [3.05, 3.63) is 23.8 Å². The maximum atomic E-state index is 13.2. The first-order chi connectivity index (χ1) is 15.4. The standard InChI is InChI=1S/C23H34N4O4S/c1-15-13-25-21-10-17(2-5-22(21)31-15)23(28)26-18-11-19-3-4-20(12-18)27(19)32(29,30)14-16-6-8-24-9-7-16/h2,5,10,15-16,18-20,24-25H,3-4,6-9,11-14H2,1H3,(H,26,28)/t15-,18-,19+,20-/m1/s1. The van der Waals surface area contributed by atoms with E-state index in [4.69, 9.17) is 4.74 Å². The number of carbonyl (C=O) groups is 1.